The molecule has 3 fully saturated rings. The zero-order valence-electron chi connectivity index (χ0n) is 11.7. The van der Waals surface area contributed by atoms with Crippen LogP contribution in [0.4, 0.5) is 0 Å². The molecule has 17 heavy (non-hydrogen) atoms. The molecule has 1 nitrogen and oxygen atoms in total. The molecule has 0 amide bonds. The molecular weight excluding hydrogens is 208 g/mol. The monoisotopic (exact) mass is 236 g/mol. The van der Waals surface area contributed by atoms with Gasteiger partial charge in [0, 0.05) is 0 Å². The van der Waals surface area contributed by atoms with Gasteiger partial charge < -0.3 is 5.11 Å². The number of rotatable bonds is 0. The molecule has 5 atom stereocenters. The van der Waals surface area contributed by atoms with E-state index in [2.05, 4.69) is 20.8 Å². The van der Waals surface area contributed by atoms with Crippen LogP contribution >= 0.6 is 0 Å². The van der Waals surface area contributed by atoms with E-state index in [1.807, 2.05) is 0 Å². The van der Waals surface area contributed by atoms with E-state index < -0.39 is 0 Å². The van der Waals surface area contributed by atoms with Crippen LogP contribution in [-0.2, 0) is 0 Å². The molecule has 0 bridgehead atoms. The lowest BCUT2D eigenvalue weighted by Gasteiger charge is -2.58. The van der Waals surface area contributed by atoms with E-state index in [-0.39, 0.29) is 6.10 Å². The fourth-order valence-electron chi connectivity index (χ4n) is 5.93. The molecule has 0 unspecified atom stereocenters. The highest BCUT2D eigenvalue weighted by Crippen LogP contribution is 2.64. The van der Waals surface area contributed by atoms with Crippen LogP contribution < -0.4 is 0 Å². The Labute approximate surface area is 106 Å². The minimum Gasteiger partial charge on any atom is -0.393 e. The van der Waals surface area contributed by atoms with Crippen LogP contribution in [0.2, 0.25) is 0 Å². The van der Waals surface area contributed by atoms with Crippen LogP contribution in [0.3, 0.4) is 0 Å². The topological polar surface area (TPSA) is 20.2 Å². The van der Waals surface area contributed by atoms with Gasteiger partial charge in [0.1, 0.15) is 0 Å². The minimum atomic E-state index is 0.00520. The maximum absolute atomic E-state index is 9.99. The van der Waals surface area contributed by atoms with Gasteiger partial charge in [0.05, 0.1) is 6.10 Å². The van der Waals surface area contributed by atoms with E-state index in [4.69, 9.17) is 0 Å². The molecule has 0 spiro atoms. The molecule has 0 heterocycles. The number of aliphatic hydroxyl groups is 1. The largest absolute Gasteiger partial charge is 0.393 e. The Bertz CT molecular complexity index is 309. The van der Waals surface area contributed by atoms with Gasteiger partial charge in [0.25, 0.3) is 0 Å². The lowest BCUT2D eigenvalue weighted by Crippen LogP contribution is -2.50. The van der Waals surface area contributed by atoms with Crippen molar-refractivity contribution in [1.29, 1.82) is 0 Å². The summed E-state index contributed by atoms with van der Waals surface area (Å²) < 4.78 is 0. The summed E-state index contributed by atoms with van der Waals surface area (Å²) >= 11 is 0. The molecule has 1 N–H and O–H groups in total. The van der Waals surface area contributed by atoms with Crippen molar-refractivity contribution in [2.24, 2.45) is 28.6 Å². The van der Waals surface area contributed by atoms with Gasteiger partial charge in [-0.3, -0.25) is 0 Å². The van der Waals surface area contributed by atoms with Crippen molar-refractivity contribution in [3.63, 3.8) is 0 Å². The molecule has 98 valence electrons. The van der Waals surface area contributed by atoms with Crippen LogP contribution in [-0.4, -0.2) is 11.2 Å². The van der Waals surface area contributed by atoms with E-state index in [1.165, 1.54) is 32.1 Å². The second-order valence-corrected chi connectivity index (χ2v) is 7.97. The van der Waals surface area contributed by atoms with E-state index in [9.17, 15) is 5.11 Å². The van der Waals surface area contributed by atoms with E-state index in [0.29, 0.717) is 10.8 Å². The van der Waals surface area contributed by atoms with Crippen LogP contribution in [0.5, 0.6) is 0 Å². The molecule has 0 aliphatic heterocycles. The fourth-order valence-corrected chi connectivity index (χ4v) is 5.93. The highest BCUT2D eigenvalue weighted by molar-refractivity contribution is 5.06. The second-order valence-electron chi connectivity index (χ2n) is 7.97. The summed E-state index contributed by atoms with van der Waals surface area (Å²) in [6, 6.07) is 0. The van der Waals surface area contributed by atoms with Gasteiger partial charge >= 0.3 is 0 Å². The molecule has 3 aliphatic carbocycles. The SMILES string of the molecule is CC1(C)CCC[C@]2(C)[C@H]3C[C@@H](O)C[C@H]3CC[C@@H]12. The molecular formula is C16H28O. The number of aliphatic hydroxyl groups excluding tert-OH is 1. The van der Waals surface area contributed by atoms with E-state index in [1.54, 1.807) is 0 Å². The summed E-state index contributed by atoms with van der Waals surface area (Å²) in [6.45, 7) is 7.52. The van der Waals surface area contributed by atoms with Crippen molar-refractivity contribution in [1.82, 2.24) is 0 Å². The van der Waals surface area contributed by atoms with Crippen LogP contribution in [0, 0.1) is 28.6 Å². The standard InChI is InChI=1S/C16H28O/c1-15(2)7-4-8-16(3)13-10-12(17)9-11(13)5-6-14(15)16/h11-14,17H,4-10H2,1-3H3/t11-,12+,13+,14+,16-/m1/s1. The lowest BCUT2D eigenvalue weighted by molar-refractivity contribution is -0.0882. The van der Waals surface area contributed by atoms with Crippen molar-refractivity contribution in [2.45, 2.75) is 71.8 Å². The van der Waals surface area contributed by atoms with Crippen molar-refractivity contribution in [3.05, 3.63) is 0 Å². The molecule has 3 saturated carbocycles. The zero-order valence-corrected chi connectivity index (χ0v) is 11.7. The molecule has 3 rings (SSSR count). The average Bonchev–Trinajstić information content (AvgIpc) is 2.58. The molecule has 0 aromatic rings. The van der Waals surface area contributed by atoms with E-state index in [0.717, 1.165) is 30.6 Å². The van der Waals surface area contributed by atoms with Gasteiger partial charge in [0.2, 0.25) is 0 Å². The molecule has 0 aromatic heterocycles. The summed E-state index contributed by atoms with van der Waals surface area (Å²) in [6.07, 6.45) is 9.21. The molecule has 0 saturated heterocycles. The smallest absolute Gasteiger partial charge is 0.0546 e. The molecule has 0 aromatic carbocycles. The number of fused-ring (bicyclic) bond motifs is 3. The Balaban J connectivity index is 1.92. The minimum absolute atomic E-state index is 0.00520. The first kappa shape index (κ1) is 12.0. The average molecular weight is 236 g/mol. The lowest BCUT2D eigenvalue weighted by atomic mass is 9.47. The summed E-state index contributed by atoms with van der Waals surface area (Å²) in [5, 5.41) is 9.99. The Morgan fingerprint density at radius 3 is 2.53 bits per heavy atom. The van der Waals surface area contributed by atoms with Crippen molar-refractivity contribution < 1.29 is 5.11 Å². The van der Waals surface area contributed by atoms with Crippen molar-refractivity contribution in [3.8, 4) is 0 Å². The first-order valence-corrected chi connectivity index (χ1v) is 7.61. The van der Waals surface area contributed by atoms with Gasteiger partial charge in [-0.15, -0.1) is 0 Å². The van der Waals surface area contributed by atoms with Crippen molar-refractivity contribution in [2.75, 3.05) is 0 Å². The van der Waals surface area contributed by atoms with Gasteiger partial charge in [-0.25, -0.2) is 0 Å². The Kier molecular flexibility index (Phi) is 2.63. The maximum atomic E-state index is 9.99. The Morgan fingerprint density at radius 2 is 1.76 bits per heavy atom. The molecule has 1 heteroatoms. The molecule has 0 radical (unpaired) electrons. The first-order chi connectivity index (χ1) is 7.93. The zero-order chi connectivity index (χ0) is 12.3. The van der Waals surface area contributed by atoms with Gasteiger partial charge in [0.15, 0.2) is 0 Å². The number of hydrogen-bond acceptors (Lipinski definition) is 1. The Morgan fingerprint density at radius 1 is 1.00 bits per heavy atom. The van der Waals surface area contributed by atoms with Crippen LogP contribution in [0.25, 0.3) is 0 Å². The predicted molar refractivity (Wildman–Crippen MR) is 70.7 cm³/mol. The summed E-state index contributed by atoms with van der Waals surface area (Å²) in [5.41, 5.74) is 1.06. The quantitative estimate of drug-likeness (QED) is 0.674. The summed E-state index contributed by atoms with van der Waals surface area (Å²) in [5.74, 6) is 2.55. The normalized spacial score (nSPS) is 52.9. The predicted octanol–water partition coefficient (Wildman–Crippen LogP) is 4.00. The molecule has 3 aliphatic rings. The summed E-state index contributed by atoms with van der Waals surface area (Å²) in [7, 11) is 0. The van der Waals surface area contributed by atoms with Crippen LogP contribution in [0.1, 0.15) is 65.7 Å². The highest BCUT2D eigenvalue weighted by Gasteiger charge is 2.56. The third-order valence-corrected chi connectivity index (χ3v) is 6.62. The van der Waals surface area contributed by atoms with Gasteiger partial charge in [-0.05, 0) is 67.1 Å². The van der Waals surface area contributed by atoms with Gasteiger partial charge in [-0.1, -0.05) is 27.2 Å². The fraction of sp³-hybridized carbons (Fsp3) is 1.00. The van der Waals surface area contributed by atoms with Gasteiger partial charge in [-0.2, -0.15) is 0 Å². The van der Waals surface area contributed by atoms with Crippen molar-refractivity contribution >= 4 is 0 Å². The maximum Gasteiger partial charge on any atom is 0.0546 e. The summed E-state index contributed by atoms with van der Waals surface area (Å²) in [4.78, 5) is 0. The Hall–Kier alpha value is -0.0400. The van der Waals surface area contributed by atoms with E-state index >= 15 is 0 Å². The number of hydrogen-bond donors (Lipinski definition) is 1. The third kappa shape index (κ3) is 1.69. The van der Waals surface area contributed by atoms with Crippen LogP contribution in [0.15, 0.2) is 0 Å². The second kappa shape index (κ2) is 3.73. The first-order valence-electron chi connectivity index (χ1n) is 7.61. The highest BCUT2D eigenvalue weighted by atomic mass is 16.3. The third-order valence-electron chi connectivity index (χ3n) is 6.62.